The van der Waals surface area contributed by atoms with Crippen LogP contribution in [0.3, 0.4) is 0 Å². The summed E-state index contributed by atoms with van der Waals surface area (Å²) >= 11 is 0. The molecule has 0 saturated heterocycles. The Morgan fingerprint density at radius 2 is 1.08 bits per heavy atom. The normalized spacial score (nSPS) is 11.0. The molecule has 0 saturated carbocycles. The van der Waals surface area contributed by atoms with Gasteiger partial charge in [0.05, 0.1) is 5.56 Å². The molecular formula is C29H25F3O4. The van der Waals surface area contributed by atoms with Crippen molar-refractivity contribution < 1.29 is 32.2 Å². The molecule has 3 aromatic rings. The van der Waals surface area contributed by atoms with Crippen LogP contribution < -0.4 is 9.47 Å². The fourth-order valence-electron chi connectivity index (χ4n) is 3.59. The zero-order chi connectivity index (χ0) is 26.1. The molecule has 7 heteroatoms. The SMILES string of the molecule is C=CC(=O)Oc1ccc(CCc2ccc(CCc3ccc(OC(=O)C=C)cc3)c(C(F)(F)F)c2)cc1. The van der Waals surface area contributed by atoms with E-state index >= 15 is 0 Å². The number of alkyl halides is 3. The highest BCUT2D eigenvalue weighted by atomic mass is 19.4. The Labute approximate surface area is 207 Å². The molecule has 0 aliphatic rings. The van der Waals surface area contributed by atoms with E-state index in [1.807, 2.05) is 0 Å². The number of carbonyl (C=O) groups excluding carboxylic acids is 2. The number of ether oxygens (including phenoxy) is 2. The summed E-state index contributed by atoms with van der Waals surface area (Å²) in [5, 5.41) is 0. The molecule has 0 bridgehead atoms. The van der Waals surface area contributed by atoms with Crippen LogP contribution in [-0.4, -0.2) is 11.9 Å². The lowest BCUT2D eigenvalue weighted by atomic mass is 9.95. The first-order valence-electron chi connectivity index (χ1n) is 11.2. The molecule has 3 rings (SSSR count). The minimum atomic E-state index is -4.47. The number of hydrogen-bond acceptors (Lipinski definition) is 4. The van der Waals surface area contributed by atoms with Crippen molar-refractivity contribution in [3.8, 4) is 11.5 Å². The Morgan fingerprint density at radius 1 is 0.667 bits per heavy atom. The van der Waals surface area contributed by atoms with Crippen LogP contribution in [0, 0.1) is 0 Å². The smallest absolute Gasteiger partial charge is 0.416 e. The molecule has 0 N–H and O–H groups in total. The van der Waals surface area contributed by atoms with Crippen LogP contribution in [0.1, 0.15) is 27.8 Å². The van der Waals surface area contributed by atoms with Crippen molar-refractivity contribution in [2.45, 2.75) is 31.9 Å². The van der Waals surface area contributed by atoms with E-state index in [1.165, 1.54) is 12.1 Å². The standard InChI is InChI=1S/C29H25F3O4/c1-3-27(33)35-24-15-9-20(10-16-24)5-6-22-8-14-23(26(19-22)29(30,31)32)13-7-21-11-17-25(18-12-21)36-28(34)4-2/h3-4,8-12,14-19H,1-2,5-7,13H2. The van der Waals surface area contributed by atoms with Crippen LogP contribution in [-0.2, 0) is 41.4 Å². The summed E-state index contributed by atoms with van der Waals surface area (Å²) in [6.45, 7) is 6.67. The van der Waals surface area contributed by atoms with Gasteiger partial charge in [0.2, 0.25) is 0 Å². The van der Waals surface area contributed by atoms with Crippen molar-refractivity contribution in [2.24, 2.45) is 0 Å². The number of esters is 2. The molecule has 0 radical (unpaired) electrons. The van der Waals surface area contributed by atoms with Crippen molar-refractivity contribution in [3.05, 3.63) is 120 Å². The molecule has 0 aromatic heterocycles. The van der Waals surface area contributed by atoms with Gasteiger partial charge in [-0.25, -0.2) is 9.59 Å². The third kappa shape index (κ3) is 7.70. The number of rotatable bonds is 10. The molecular weight excluding hydrogens is 469 g/mol. The van der Waals surface area contributed by atoms with Crippen LogP contribution in [0.15, 0.2) is 92.0 Å². The van der Waals surface area contributed by atoms with Gasteiger partial charge < -0.3 is 9.47 Å². The quantitative estimate of drug-likeness (QED) is 0.184. The Hall–Kier alpha value is -4.13. The molecule has 0 heterocycles. The van der Waals surface area contributed by atoms with E-state index in [4.69, 9.17) is 9.47 Å². The molecule has 4 nitrogen and oxygen atoms in total. The van der Waals surface area contributed by atoms with E-state index in [0.717, 1.165) is 23.3 Å². The van der Waals surface area contributed by atoms with Crippen LogP contribution in [0.5, 0.6) is 11.5 Å². The molecule has 0 aliphatic heterocycles. The lowest BCUT2D eigenvalue weighted by Crippen LogP contribution is -2.11. The third-order valence-corrected chi connectivity index (χ3v) is 5.48. The van der Waals surface area contributed by atoms with E-state index in [1.54, 1.807) is 54.6 Å². The zero-order valence-electron chi connectivity index (χ0n) is 19.5. The number of hydrogen-bond donors (Lipinski definition) is 0. The second-order valence-corrected chi connectivity index (χ2v) is 8.03. The summed E-state index contributed by atoms with van der Waals surface area (Å²) in [6, 6.07) is 17.9. The zero-order valence-corrected chi connectivity index (χ0v) is 19.5. The van der Waals surface area contributed by atoms with E-state index in [-0.39, 0.29) is 12.0 Å². The van der Waals surface area contributed by atoms with Gasteiger partial charge >= 0.3 is 18.1 Å². The maximum absolute atomic E-state index is 13.8. The molecule has 0 unspecified atom stereocenters. The van der Waals surface area contributed by atoms with Crippen molar-refractivity contribution in [1.82, 2.24) is 0 Å². The Bertz CT molecular complexity index is 1230. The summed E-state index contributed by atoms with van der Waals surface area (Å²) in [5.41, 5.74) is 1.91. The highest BCUT2D eigenvalue weighted by Crippen LogP contribution is 2.34. The summed E-state index contributed by atoms with van der Waals surface area (Å²) in [6.07, 6.45) is -0.766. The van der Waals surface area contributed by atoms with E-state index < -0.39 is 23.7 Å². The molecule has 36 heavy (non-hydrogen) atoms. The van der Waals surface area contributed by atoms with Crippen LogP contribution in [0.4, 0.5) is 13.2 Å². The number of aryl methyl sites for hydroxylation is 4. The average molecular weight is 495 g/mol. The predicted octanol–water partition coefficient (Wildman–Crippen LogP) is 6.46. The van der Waals surface area contributed by atoms with Gasteiger partial charge in [-0.2, -0.15) is 13.2 Å². The largest absolute Gasteiger partial charge is 0.423 e. The fourth-order valence-corrected chi connectivity index (χ4v) is 3.59. The first kappa shape index (κ1) is 26.5. The van der Waals surface area contributed by atoms with E-state index in [0.29, 0.717) is 36.3 Å². The van der Waals surface area contributed by atoms with Crippen molar-refractivity contribution in [2.75, 3.05) is 0 Å². The molecule has 0 amide bonds. The molecule has 0 aliphatic carbocycles. The highest BCUT2D eigenvalue weighted by Gasteiger charge is 2.33. The molecule has 0 fully saturated rings. The van der Waals surface area contributed by atoms with Gasteiger partial charge in [0.1, 0.15) is 11.5 Å². The van der Waals surface area contributed by atoms with E-state index in [9.17, 15) is 22.8 Å². The predicted molar refractivity (Wildman–Crippen MR) is 131 cm³/mol. The number of halogens is 3. The van der Waals surface area contributed by atoms with Crippen molar-refractivity contribution in [3.63, 3.8) is 0 Å². The number of benzene rings is 3. The molecule has 186 valence electrons. The second kappa shape index (κ2) is 12.0. The Kier molecular flexibility index (Phi) is 8.84. The molecule has 0 spiro atoms. The van der Waals surface area contributed by atoms with Gasteiger partial charge in [-0.05, 0) is 78.3 Å². The van der Waals surface area contributed by atoms with Gasteiger partial charge in [-0.15, -0.1) is 0 Å². The van der Waals surface area contributed by atoms with Gasteiger partial charge in [0.15, 0.2) is 0 Å². The first-order chi connectivity index (χ1) is 17.2. The third-order valence-electron chi connectivity index (χ3n) is 5.48. The van der Waals surface area contributed by atoms with Gasteiger partial charge in [-0.1, -0.05) is 49.6 Å². The minimum absolute atomic E-state index is 0.214. The summed E-state index contributed by atoms with van der Waals surface area (Å²) in [5.74, 6) is -0.423. The molecule has 3 aromatic carbocycles. The lowest BCUT2D eigenvalue weighted by molar-refractivity contribution is -0.138. The van der Waals surface area contributed by atoms with Crippen LogP contribution >= 0.6 is 0 Å². The van der Waals surface area contributed by atoms with Crippen LogP contribution in [0.2, 0.25) is 0 Å². The summed E-state index contributed by atoms with van der Waals surface area (Å²) in [7, 11) is 0. The topological polar surface area (TPSA) is 52.6 Å². The van der Waals surface area contributed by atoms with Gasteiger partial charge in [-0.3, -0.25) is 0 Å². The summed E-state index contributed by atoms with van der Waals surface area (Å²) in [4.78, 5) is 22.5. The maximum atomic E-state index is 13.8. The first-order valence-corrected chi connectivity index (χ1v) is 11.2. The minimum Gasteiger partial charge on any atom is -0.423 e. The fraction of sp³-hybridized carbons (Fsp3) is 0.172. The van der Waals surface area contributed by atoms with Gasteiger partial charge in [0, 0.05) is 12.2 Å². The Balaban J connectivity index is 1.65. The molecule has 0 atom stereocenters. The van der Waals surface area contributed by atoms with Crippen molar-refractivity contribution >= 4 is 11.9 Å². The Morgan fingerprint density at radius 3 is 1.53 bits per heavy atom. The second-order valence-electron chi connectivity index (χ2n) is 8.03. The van der Waals surface area contributed by atoms with Crippen LogP contribution in [0.25, 0.3) is 0 Å². The van der Waals surface area contributed by atoms with E-state index in [2.05, 4.69) is 13.2 Å². The number of carbonyl (C=O) groups is 2. The monoisotopic (exact) mass is 494 g/mol. The van der Waals surface area contributed by atoms with Crippen molar-refractivity contribution in [1.29, 1.82) is 0 Å². The summed E-state index contributed by atoms with van der Waals surface area (Å²) < 4.78 is 51.4. The highest BCUT2D eigenvalue weighted by molar-refractivity contribution is 5.83. The average Bonchev–Trinajstić information content (AvgIpc) is 2.87. The maximum Gasteiger partial charge on any atom is 0.416 e. The van der Waals surface area contributed by atoms with Gasteiger partial charge in [0.25, 0.3) is 0 Å². The lowest BCUT2D eigenvalue weighted by Gasteiger charge is -2.15.